The van der Waals surface area contributed by atoms with E-state index in [2.05, 4.69) is 10.3 Å². The lowest BCUT2D eigenvalue weighted by atomic mass is 9.95. The van der Waals surface area contributed by atoms with Crippen LogP contribution in [0, 0.1) is 30.0 Å². The number of carbonyl (C=O) groups excluding carboxylic acids is 2. The summed E-state index contributed by atoms with van der Waals surface area (Å²) in [6, 6.07) is 6.16. The molecule has 2 unspecified atom stereocenters. The summed E-state index contributed by atoms with van der Waals surface area (Å²) in [5.74, 6) is -1.82. The van der Waals surface area contributed by atoms with Gasteiger partial charge in [0.05, 0.1) is 35.0 Å². The quantitative estimate of drug-likeness (QED) is 0.556. The van der Waals surface area contributed by atoms with Crippen LogP contribution in [0.1, 0.15) is 34.0 Å². The minimum absolute atomic E-state index is 0.134. The van der Waals surface area contributed by atoms with Crippen LogP contribution in [0.15, 0.2) is 18.2 Å². The molecule has 9 nitrogen and oxygen atoms in total. The Morgan fingerprint density at radius 3 is 2.71 bits per heavy atom. The molecule has 2 aliphatic heterocycles. The Labute approximate surface area is 200 Å². The van der Waals surface area contributed by atoms with Gasteiger partial charge in [0, 0.05) is 24.5 Å². The van der Waals surface area contributed by atoms with E-state index >= 15 is 0 Å². The van der Waals surface area contributed by atoms with E-state index < -0.39 is 29.8 Å². The third-order valence-corrected chi connectivity index (χ3v) is 7.29. The minimum Gasteiger partial charge on any atom is -0.380 e. The van der Waals surface area contributed by atoms with Gasteiger partial charge in [0.2, 0.25) is 0 Å². The predicted molar refractivity (Wildman–Crippen MR) is 122 cm³/mol. The van der Waals surface area contributed by atoms with Crippen LogP contribution in [-0.2, 0) is 22.7 Å². The van der Waals surface area contributed by atoms with Crippen LogP contribution < -0.4 is 10.2 Å². The molecule has 0 aliphatic carbocycles. The van der Waals surface area contributed by atoms with Crippen molar-refractivity contribution in [1.82, 2.24) is 15.2 Å². The molecule has 2 aromatic rings. The third kappa shape index (κ3) is 5.04. The van der Waals surface area contributed by atoms with Crippen molar-refractivity contribution in [2.24, 2.45) is 5.92 Å². The first-order chi connectivity index (χ1) is 16.3. The molecule has 2 atom stereocenters. The van der Waals surface area contributed by atoms with E-state index in [1.54, 1.807) is 6.07 Å². The second-order valence-corrected chi connectivity index (χ2v) is 9.92. The molecule has 1 saturated heterocycles. The lowest BCUT2D eigenvalue weighted by Crippen LogP contribution is -2.50. The minimum atomic E-state index is -1.86. The van der Waals surface area contributed by atoms with Gasteiger partial charge in [0.1, 0.15) is 11.9 Å². The predicted octanol–water partition coefficient (Wildman–Crippen LogP) is 1.06. The first-order valence-electron chi connectivity index (χ1n) is 11.1. The van der Waals surface area contributed by atoms with Crippen molar-refractivity contribution in [1.29, 1.82) is 5.26 Å². The number of piperidine rings is 1. The highest BCUT2D eigenvalue weighted by Gasteiger charge is 2.36. The largest absolute Gasteiger partial charge is 0.380 e. The molecule has 1 aromatic heterocycles. The molecule has 1 aromatic carbocycles. The molecule has 2 aliphatic rings. The van der Waals surface area contributed by atoms with E-state index in [1.807, 2.05) is 17.9 Å². The number of hydrogen-bond donors (Lipinski definition) is 3. The molecule has 2 amide bonds. The van der Waals surface area contributed by atoms with Crippen LogP contribution >= 0.6 is 11.3 Å². The fourth-order valence-corrected chi connectivity index (χ4v) is 5.35. The normalized spacial score (nSPS) is 17.7. The number of thiazole rings is 1. The maximum atomic E-state index is 13.4. The molecule has 0 saturated carbocycles. The second-order valence-electron chi connectivity index (χ2n) is 8.64. The number of aromatic nitrogens is 1. The highest BCUT2D eigenvalue weighted by Crippen LogP contribution is 2.29. The molecule has 1 fully saturated rings. The summed E-state index contributed by atoms with van der Waals surface area (Å²) in [6.07, 6.45) is -2.26. The van der Waals surface area contributed by atoms with Crippen LogP contribution in [0.4, 0.5) is 10.1 Å². The fraction of sp³-hybridized carbons (Fsp3) is 0.478. The number of halogens is 1. The Balaban J connectivity index is 1.23. The zero-order valence-electron chi connectivity index (χ0n) is 18.7. The van der Waals surface area contributed by atoms with E-state index in [-0.39, 0.29) is 18.0 Å². The lowest BCUT2D eigenvalue weighted by Gasteiger charge is -2.34. The van der Waals surface area contributed by atoms with E-state index in [0.717, 1.165) is 28.4 Å². The zero-order chi connectivity index (χ0) is 24.4. The molecule has 0 bridgehead atoms. The van der Waals surface area contributed by atoms with Crippen molar-refractivity contribution in [2.75, 3.05) is 24.5 Å². The molecule has 3 N–H and O–H groups in total. The molecular weight excluding hydrogens is 461 g/mol. The van der Waals surface area contributed by atoms with Gasteiger partial charge in [-0.1, -0.05) is 0 Å². The molecule has 3 heterocycles. The average Bonchev–Trinajstić information content (AvgIpc) is 3.39. The number of rotatable bonds is 6. The number of anilines is 1. The van der Waals surface area contributed by atoms with Crippen molar-refractivity contribution in [3.05, 3.63) is 45.2 Å². The number of aliphatic hydroxyl groups is 2. The third-order valence-electron chi connectivity index (χ3n) is 6.29. The van der Waals surface area contributed by atoms with E-state index in [9.17, 15) is 29.5 Å². The lowest BCUT2D eigenvalue weighted by molar-refractivity contribution is -0.153. The van der Waals surface area contributed by atoms with Crippen LogP contribution in [0.5, 0.6) is 0 Å². The zero-order valence-corrected chi connectivity index (χ0v) is 19.5. The molecule has 180 valence electrons. The Morgan fingerprint density at radius 2 is 2.03 bits per heavy atom. The van der Waals surface area contributed by atoms with Crippen molar-refractivity contribution in [2.45, 2.75) is 45.1 Å². The van der Waals surface area contributed by atoms with Gasteiger partial charge in [-0.25, -0.2) is 9.37 Å². The second kappa shape index (κ2) is 10.0. The number of nitrogens with zero attached hydrogens (tertiary/aromatic N) is 4. The number of carbonyl (C=O) groups is 2. The number of aryl methyl sites for hydroxylation is 1. The number of nitrogens with one attached hydrogen (secondary N) is 1. The van der Waals surface area contributed by atoms with Gasteiger partial charge in [0.25, 0.3) is 11.8 Å². The molecular formula is C23H26FN5O4S. The summed E-state index contributed by atoms with van der Waals surface area (Å²) in [5, 5.41) is 33.3. The monoisotopic (exact) mass is 487 g/mol. The summed E-state index contributed by atoms with van der Waals surface area (Å²) in [4.78, 5) is 33.6. The summed E-state index contributed by atoms with van der Waals surface area (Å²) in [5.41, 5.74) is 1.76. The van der Waals surface area contributed by atoms with Crippen molar-refractivity contribution < 1.29 is 24.2 Å². The van der Waals surface area contributed by atoms with Crippen LogP contribution in [0.25, 0.3) is 0 Å². The number of benzene rings is 1. The molecule has 34 heavy (non-hydrogen) atoms. The summed E-state index contributed by atoms with van der Waals surface area (Å²) >= 11 is 1.49. The topological polar surface area (TPSA) is 130 Å². The van der Waals surface area contributed by atoms with Gasteiger partial charge in [-0.15, -0.1) is 11.3 Å². The number of amides is 2. The Kier molecular flexibility index (Phi) is 7.11. The average molecular weight is 488 g/mol. The highest BCUT2D eigenvalue weighted by atomic mass is 32.1. The SMILES string of the molecule is Cc1nc2c(s1)CN(C(=O)C(O)C(O)C(=O)NCC1CCN(c3ccc(F)cc3C#N)CC1)C2. The standard InChI is InChI=1S/C23H26FN5O4S/c1-13-27-17-11-29(12-19(17)34-13)23(33)21(31)20(30)22(32)26-10-14-4-6-28(7-5-14)18-3-2-16(24)8-15(18)9-25/h2-3,8,14,20-21,30-31H,4-7,10-12H2,1H3,(H,26,32). The molecule has 0 spiro atoms. The highest BCUT2D eigenvalue weighted by molar-refractivity contribution is 7.11. The van der Waals surface area contributed by atoms with Gasteiger partial charge in [-0.3, -0.25) is 9.59 Å². The molecule has 0 radical (unpaired) electrons. The summed E-state index contributed by atoms with van der Waals surface area (Å²) < 4.78 is 13.4. The maximum Gasteiger partial charge on any atom is 0.255 e. The smallest absolute Gasteiger partial charge is 0.255 e. The van der Waals surface area contributed by atoms with E-state index in [1.165, 1.54) is 28.4 Å². The number of nitriles is 1. The molecule has 4 rings (SSSR count). The summed E-state index contributed by atoms with van der Waals surface area (Å²) in [7, 11) is 0. The Bertz CT molecular complexity index is 1100. The van der Waals surface area contributed by atoms with E-state index in [0.29, 0.717) is 31.9 Å². The maximum absolute atomic E-state index is 13.4. The van der Waals surface area contributed by atoms with Gasteiger partial charge < -0.3 is 25.3 Å². The summed E-state index contributed by atoms with van der Waals surface area (Å²) in [6.45, 7) is 4.02. The Morgan fingerprint density at radius 1 is 1.29 bits per heavy atom. The number of hydrogen-bond acceptors (Lipinski definition) is 8. The van der Waals surface area contributed by atoms with Gasteiger partial charge in [0.15, 0.2) is 12.2 Å². The first kappa shape index (κ1) is 24.1. The van der Waals surface area contributed by atoms with Crippen LogP contribution in [0.3, 0.4) is 0 Å². The van der Waals surface area contributed by atoms with Gasteiger partial charge in [-0.2, -0.15) is 5.26 Å². The Hall–Kier alpha value is -3.07. The number of aliphatic hydroxyl groups excluding tert-OH is 2. The van der Waals surface area contributed by atoms with Crippen molar-refractivity contribution >= 4 is 28.8 Å². The van der Waals surface area contributed by atoms with Gasteiger partial charge >= 0.3 is 0 Å². The van der Waals surface area contributed by atoms with Crippen molar-refractivity contribution in [3.8, 4) is 6.07 Å². The van der Waals surface area contributed by atoms with Crippen LogP contribution in [0.2, 0.25) is 0 Å². The number of fused-ring (bicyclic) bond motifs is 1. The van der Waals surface area contributed by atoms with Crippen LogP contribution in [-0.4, -0.2) is 63.8 Å². The van der Waals surface area contributed by atoms with E-state index in [4.69, 9.17) is 0 Å². The first-order valence-corrected chi connectivity index (χ1v) is 11.9. The fourth-order valence-electron chi connectivity index (χ4n) is 4.39. The molecule has 11 heteroatoms. The van der Waals surface area contributed by atoms with Crippen molar-refractivity contribution in [3.63, 3.8) is 0 Å². The van der Waals surface area contributed by atoms with Gasteiger partial charge in [-0.05, 0) is 43.9 Å².